The second-order valence-electron chi connectivity index (χ2n) is 8.22. The fraction of sp³-hybridized carbons (Fsp3) is 0.185. The van der Waals surface area contributed by atoms with Crippen LogP contribution in [0.4, 0.5) is 5.69 Å². The van der Waals surface area contributed by atoms with Crippen LogP contribution in [0.1, 0.15) is 24.1 Å². The quantitative estimate of drug-likeness (QED) is 0.522. The number of benzene rings is 3. The highest BCUT2D eigenvalue weighted by atomic mass is 35.5. The smallest absolute Gasteiger partial charge is 0.294 e. The maximum absolute atomic E-state index is 13.3. The fourth-order valence-corrected chi connectivity index (χ4v) is 4.21. The summed E-state index contributed by atoms with van der Waals surface area (Å²) in [7, 11) is 0. The molecule has 1 unspecified atom stereocenters. The van der Waals surface area contributed by atoms with Gasteiger partial charge in [-0.1, -0.05) is 41.9 Å². The lowest BCUT2D eigenvalue weighted by atomic mass is 10.1. The van der Waals surface area contributed by atoms with Crippen molar-refractivity contribution in [1.82, 2.24) is 5.32 Å². The summed E-state index contributed by atoms with van der Waals surface area (Å²) in [4.78, 5) is 27.7. The van der Waals surface area contributed by atoms with Crippen molar-refractivity contribution >= 4 is 35.2 Å². The Hall–Kier alpha value is -3.97. The lowest BCUT2D eigenvalue weighted by Crippen LogP contribution is -2.44. The Kier molecular flexibility index (Phi) is 6.33. The van der Waals surface area contributed by atoms with E-state index in [9.17, 15) is 9.59 Å². The molecule has 0 bridgehead atoms. The van der Waals surface area contributed by atoms with E-state index in [2.05, 4.69) is 5.32 Å². The number of fused-ring (bicyclic) bond motifs is 2. The maximum Gasteiger partial charge on any atom is 0.294 e. The van der Waals surface area contributed by atoms with Crippen molar-refractivity contribution < 1.29 is 23.8 Å². The highest BCUT2D eigenvalue weighted by Crippen LogP contribution is 2.36. The molecule has 1 atom stereocenters. The van der Waals surface area contributed by atoms with Crippen LogP contribution in [0.2, 0.25) is 5.02 Å². The lowest BCUT2D eigenvalue weighted by Gasteiger charge is -2.30. The molecule has 2 aliphatic rings. The van der Waals surface area contributed by atoms with Crippen molar-refractivity contribution in [2.45, 2.75) is 13.0 Å². The van der Waals surface area contributed by atoms with Crippen LogP contribution >= 0.6 is 11.6 Å². The number of ether oxygens (including phenoxy) is 3. The van der Waals surface area contributed by atoms with E-state index in [1.165, 1.54) is 4.90 Å². The topological polar surface area (TPSA) is 77.1 Å². The second kappa shape index (κ2) is 9.72. The molecule has 8 heteroatoms. The molecule has 0 saturated carbocycles. The Bertz CT molecular complexity index is 1320. The number of halogens is 1. The van der Waals surface area contributed by atoms with Gasteiger partial charge in [0, 0.05) is 5.02 Å². The molecule has 2 aliphatic heterocycles. The average molecular weight is 491 g/mol. The Balaban J connectivity index is 1.35. The van der Waals surface area contributed by atoms with Crippen LogP contribution in [0.5, 0.6) is 17.2 Å². The summed E-state index contributed by atoms with van der Waals surface area (Å²) in [5.74, 6) is 1.23. The minimum atomic E-state index is -0.411. The van der Waals surface area contributed by atoms with Crippen LogP contribution in [0.25, 0.3) is 6.08 Å². The second-order valence-corrected chi connectivity index (χ2v) is 8.65. The molecule has 0 fully saturated rings. The van der Waals surface area contributed by atoms with Crippen molar-refractivity contribution in [3.63, 3.8) is 0 Å². The van der Waals surface area contributed by atoms with Gasteiger partial charge in [0.05, 0.1) is 11.7 Å². The minimum absolute atomic E-state index is 0.110. The molecule has 0 aromatic heterocycles. The molecule has 7 nitrogen and oxygen atoms in total. The van der Waals surface area contributed by atoms with Crippen molar-refractivity contribution in [1.29, 1.82) is 0 Å². The van der Waals surface area contributed by atoms with E-state index in [4.69, 9.17) is 25.8 Å². The summed E-state index contributed by atoms with van der Waals surface area (Å²) in [6.07, 6.45) is 1.62. The van der Waals surface area contributed by atoms with Crippen LogP contribution < -0.4 is 24.4 Å². The zero-order chi connectivity index (χ0) is 24.4. The van der Waals surface area contributed by atoms with Crippen LogP contribution in [-0.2, 0) is 9.59 Å². The number of carbonyl (C=O) groups is 2. The molecule has 2 heterocycles. The first-order valence-electron chi connectivity index (χ1n) is 11.2. The van der Waals surface area contributed by atoms with Gasteiger partial charge in [0.25, 0.3) is 5.91 Å². The summed E-state index contributed by atoms with van der Waals surface area (Å²) in [6, 6.07) is 19.5. The number of nitrogens with zero attached hydrogens (tertiary/aromatic N) is 1. The standard InChI is InChI=1S/C27H23ClN2O5/c1-17(19-9-10-23-24(15-19)34-12-11-33-23)29-26(31)16-30-21-7-2-3-8-22(21)35-25(27(30)32)14-18-5-4-6-20(28)13-18/h2-10,13-15,17H,11-12,16H2,1H3,(H,29,31). The lowest BCUT2D eigenvalue weighted by molar-refractivity contribution is -0.123. The zero-order valence-electron chi connectivity index (χ0n) is 19.0. The van der Waals surface area contributed by atoms with Gasteiger partial charge in [0.2, 0.25) is 5.91 Å². The molecular formula is C27H23ClN2O5. The SMILES string of the molecule is CC(NC(=O)CN1C(=O)C(=Cc2cccc(Cl)c2)Oc2ccccc21)c1ccc2c(c1)OCCO2. The van der Waals surface area contributed by atoms with Crippen LogP contribution in [0.3, 0.4) is 0 Å². The van der Waals surface area contributed by atoms with Crippen molar-refractivity contribution in [3.05, 3.63) is 88.6 Å². The highest BCUT2D eigenvalue weighted by molar-refractivity contribution is 6.30. The minimum Gasteiger partial charge on any atom is -0.486 e. The van der Waals surface area contributed by atoms with Crippen molar-refractivity contribution in [2.24, 2.45) is 0 Å². The van der Waals surface area contributed by atoms with Gasteiger partial charge in [-0.05, 0) is 60.5 Å². The van der Waals surface area contributed by atoms with Crippen LogP contribution in [0.15, 0.2) is 72.5 Å². The Morgan fingerprint density at radius 3 is 2.66 bits per heavy atom. The molecule has 1 N–H and O–H groups in total. The molecule has 0 saturated heterocycles. The van der Waals surface area contributed by atoms with Gasteiger partial charge in [-0.3, -0.25) is 14.5 Å². The fourth-order valence-electron chi connectivity index (χ4n) is 4.01. The average Bonchev–Trinajstić information content (AvgIpc) is 2.86. The van der Waals surface area contributed by atoms with Gasteiger partial charge in [-0.2, -0.15) is 0 Å². The zero-order valence-corrected chi connectivity index (χ0v) is 19.7. The number of rotatable bonds is 5. The normalized spacial score (nSPS) is 16.3. The number of amides is 2. The van der Waals surface area contributed by atoms with Gasteiger partial charge in [0.1, 0.15) is 19.8 Å². The molecule has 0 aliphatic carbocycles. The summed E-state index contributed by atoms with van der Waals surface area (Å²) in [5, 5.41) is 3.52. The van der Waals surface area contributed by atoms with E-state index in [0.717, 1.165) is 11.1 Å². The van der Waals surface area contributed by atoms with E-state index in [0.29, 0.717) is 41.2 Å². The molecule has 0 radical (unpaired) electrons. The number of para-hydroxylation sites is 2. The van der Waals surface area contributed by atoms with Gasteiger partial charge in [-0.15, -0.1) is 0 Å². The molecule has 2 amide bonds. The molecule has 3 aromatic rings. The molecule has 5 rings (SSSR count). The molecular weight excluding hydrogens is 468 g/mol. The first-order valence-corrected chi connectivity index (χ1v) is 11.6. The summed E-state index contributed by atoms with van der Waals surface area (Å²) in [5.41, 5.74) is 2.12. The monoisotopic (exact) mass is 490 g/mol. The summed E-state index contributed by atoms with van der Waals surface area (Å²) in [6.45, 7) is 2.71. The van der Waals surface area contributed by atoms with E-state index in [1.54, 1.807) is 42.5 Å². The third kappa shape index (κ3) is 4.95. The highest BCUT2D eigenvalue weighted by Gasteiger charge is 2.32. The van der Waals surface area contributed by atoms with Crippen LogP contribution in [-0.4, -0.2) is 31.6 Å². The largest absolute Gasteiger partial charge is 0.486 e. The number of carbonyl (C=O) groups excluding carboxylic acids is 2. The van der Waals surface area contributed by atoms with E-state index < -0.39 is 5.91 Å². The van der Waals surface area contributed by atoms with Gasteiger partial charge in [0.15, 0.2) is 23.0 Å². The first kappa shape index (κ1) is 22.8. The Labute approximate surface area is 207 Å². The van der Waals surface area contributed by atoms with Gasteiger partial charge in [-0.25, -0.2) is 0 Å². The third-order valence-electron chi connectivity index (χ3n) is 5.72. The van der Waals surface area contributed by atoms with Crippen molar-refractivity contribution in [3.8, 4) is 17.2 Å². The summed E-state index contributed by atoms with van der Waals surface area (Å²) >= 11 is 6.08. The third-order valence-corrected chi connectivity index (χ3v) is 5.96. The maximum atomic E-state index is 13.3. The first-order chi connectivity index (χ1) is 17.0. The predicted octanol–water partition coefficient (Wildman–Crippen LogP) is 4.76. The number of hydrogen-bond donors (Lipinski definition) is 1. The number of nitrogens with one attached hydrogen (secondary N) is 1. The Morgan fingerprint density at radius 1 is 1.03 bits per heavy atom. The molecule has 35 heavy (non-hydrogen) atoms. The number of hydrogen-bond acceptors (Lipinski definition) is 5. The van der Waals surface area contributed by atoms with E-state index in [-0.39, 0.29) is 24.3 Å². The molecule has 0 spiro atoms. The van der Waals surface area contributed by atoms with E-state index in [1.807, 2.05) is 37.3 Å². The Morgan fingerprint density at radius 2 is 1.83 bits per heavy atom. The van der Waals surface area contributed by atoms with Gasteiger partial charge < -0.3 is 19.5 Å². The van der Waals surface area contributed by atoms with Crippen molar-refractivity contribution in [2.75, 3.05) is 24.7 Å². The predicted molar refractivity (Wildman–Crippen MR) is 133 cm³/mol. The van der Waals surface area contributed by atoms with Crippen LogP contribution in [0, 0.1) is 0 Å². The summed E-state index contributed by atoms with van der Waals surface area (Å²) < 4.78 is 17.1. The number of anilines is 1. The van der Waals surface area contributed by atoms with E-state index >= 15 is 0 Å². The molecule has 3 aromatic carbocycles. The molecule has 178 valence electrons. The van der Waals surface area contributed by atoms with Gasteiger partial charge >= 0.3 is 0 Å².